The first-order chi connectivity index (χ1) is 9.81. The lowest BCUT2D eigenvalue weighted by Crippen LogP contribution is -2.68. The van der Waals surface area contributed by atoms with Crippen molar-refractivity contribution in [3.8, 4) is 0 Å². The smallest absolute Gasteiger partial charge is 0.353 e. The van der Waals surface area contributed by atoms with Crippen molar-refractivity contribution in [3.05, 3.63) is 0 Å². The largest absolute Gasteiger partial charge is 0.438 e. The maximum absolute atomic E-state index is 11.4. The number of hydrogen-bond donors (Lipinski definition) is 1. The molecule has 0 radical (unpaired) electrons. The van der Waals surface area contributed by atoms with Gasteiger partial charge in [-0.15, -0.1) is 0 Å². The standard InChI is InChI=1S/C15H36O3Si3/c1-7-15(16,8-2)21(17-19(3)4,18-20(5)6)14-12-10-9-11-13-14/h14,16,19-20H,7-13H2,1-6H3. The van der Waals surface area contributed by atoms with E-state index in [1.54, 1.807) is 0 Å². The summed E-state index contributed by atoms with van der Waals surface area (Å²) in [6, 6.07) is 0. The molecule has 0 heterocycles. The summed E-state index contributed by atoms with van der Waals surface area (Å²) in [5.41, 5.74) is 0.487. The van der Waals surface area contributed by atoms with Gasteiger partial charge in [0.2, 0.25) is 0 Å². The Hall–Kier alpha value is 0.531. The highest BCUT2D eigenvalue weighted by molar-refractivity contribution is 6.82. The minimum atomic E-state index is -2.60. The van der Waals surface area contributed by atoms with Crippen molar-refractivity contribution < 1.29 is 13.3 Å². The minimum absolute atomic E-state index is 0.487. The summed E-state index contributed by atoms with van der Waals surface area (Å²) in [5, 5.41) is 10.7. The Morgan fingerprint density at radius 2 is 1.38 bits per heavy atom. The third-order valence-electron chi connectivity index (χ3n) is 4.78. The molecule has 3 nitrogen and oxygen atoms in total. The van der Waals surface area contributed by atoms with Gasteiger partial charge in [0.15, 0.2) is 18.1 Å². The third-order valence-corrected chi connectivity index (χ3v) is 15.0. The summed E-state index contributed by atoms with van der Waals surface area (Å²) >= 11 is 0. The highest BCUT2D eigenvalue weighted by atomic mass is 28.5. The van der Waals surface area contributed by atoms with Crippen LogP contribution in [0.2, 0.25) is 31.7 Å². The van der Waals surface area contributed by atoms with Gasteiger partial charge in [-0.2, -0.15) is 0 Å². The summed E-state index contributed by atoms with van der Waals surface area (Å²) in [4.78, 5) is 0. The maximum Gasteiger partial charge on any atom is 0.353 e. The van der Waals surface area contributed by atoms with E-state index in [0.29, 0.717) is 5.54 Å². The normalized spacial score (nSPS) is 18.7. The maximum atomic E-state index is 11.4. The first kappa shape index (κ1) is 19.6. The molecule has 0 aromatic rings. The molecule has 1 aliphatic rings. The van der Waals surface area contributed by atoms with Crippen LogP contribution < -0.4 is 0 Å². The molecule has 21 heavy (non-hydrogen) atoms. The summed E-state index contributed by atoms with van der Waals surface area (Å²) in [5.74, 6) is 0. The van der Waals surface area contributed by atoms with Gasteiger partial charge in [-0.3, -0.25) is 0 Å². The fourth-order valence-corrected chi connectivity index (χ4v) is 16.3. The summed E-state index contributed by atoms with van der Waals surface area (Å²) in [6.07, 6.45) is 7.77. The molecular formula is C15H36O3Si3. The van der Waals surface area contributed by atoms with E-state index in [2.05, 4.69) is 40.0 Å². The van der Waals surface area contributed by atoms with E-state index in [0.717, 1.165) is 12.8 Å². The lowest BCUT2D eigenvalue weighted by Gasteiger charge is -2.50. The van der Waals surface area contributed by atoms with Crippen LogP contribution in [0.3, 0.4) is 0 Å². The number of aliphatic hydroxyl groups is 1. The zero-order valence-corrected chi connectivity index (χ0v) is 18.3. The zero-order valence-electron chi connectivity index (χ0n) is 14.9. The van der Waals surface area contributed by atoms with Gasteiger partial charge in [-0.25, -0.2) is 0 Å². The van der Waals surface area contributed by atoms with Gasteiger partial charge < -0.3 is 13.3 Å². The van der Waals surface area contributed by atoms with Crippen LogP contribution in [0.15, 0.2) is 0 Å². The van der Waals surface area contributed by atoms with E-state index in [1.807, 2.05) is 0 Å². The van der Waals surface area contributed by atoms with E-state index in [1.165, 1.54) is 32.1 Å². The second-order valence-electron chi connectivity index (χ2n) is 7.07. The van der Waals surface area contributed by atoms with Crippen molar-refractivity contribution in [2.24, 2.45) is 0 Å². The Morgan fingerprint density at radius 1 is 0.952 bits per heavy atom. The van der Waals surface area contributed by atoms with Crippen LogP contribution in [-0.4, -0.2) is 37.0 Å². The summed E-state index contributed by atoms with van der Waals surface area (Å²) < 4.78 is 13.4. The second-order valence-corrected chi connectivity index (χ2v) is 16.2. The van der Waals surface area contributed by atoms with Gasteiger partial charge in [0, 0.05) is 5.54 Å². The molecule has 1 fully saturated rings. The first-order valence-corrected chi connectivity index (χ1v) is 16.3. The van der Waals surface area contributed by atoms with Crippen LogP contribution in [-0.2, 0) is 8.23 Å². The molecule has 1 aliphatic carbocycles. The summed E-state index contributed by atoms with van der Waals surface area (Å²) in [6.45, 7) is 13.1. The molecule has 1 N–H and O–H groups in total. The molecule has 0 aliphatic heterocycles. The van der Waals surface area contributed by atoms with Crippen LogP contribution in [0.25, 0.3) is 0 Å². The van der Waals surface area contributed by atoms with Gasteiger partial charge in [-0.05, 0) is 51.9 Å². The molecule has 1 saturated carbocycles. The Kier molecular flexibility index (Phi) is 7.83. The molecule has 0 amide bonds. The molecule has 0 aromatic heterocycles. The van der Waals surface area contributed by atoms with Crippen molar-refractivity contribution in [1.82, 2.24) is 0 Å². The van der Waals surface area contributed by atoms with Crippen molar-refractivity contribution >= 4 is 26.6 Å². The number of hydrogen-bond acceptors (Lipinski definition) is 3. The van der Waals surface area contributed by atoms with Crippen molar-refractivity contribution in [1.29, 1.82) is 0 Å². The van der Waals surface area contributed by atoms with Crippen molar-refractivity contribution in [2.45, 2.75) is 95.7 Å². The molecule has 126 valence electrons. The van der Waals surface area contributed by atoms with Crippen LogP contribution in [0.5, 0.6) is 0 Å². The zero-order chi connectivity index (χ0) is 16.1. The van der Waals surface area contributed by atoms with E-state index < -0.39 is 31.9 Å². The predicted octanol–water partition coefficient (Wildman–Crippen LogP) is 3.85. The predicted molar refractivity (Wildman–Crippen MR) is 98.0 cm³/mol. The summed E-state index contributed by atoms with van der Waals surface area (Å²) in [7, 11) is -5.10. The Labute approximate surface area is 136 Å². The Morgan fingerprint density at radius 3 is 1.71 bits per heavy atom. The quantitative estimate of drug-likeness (QED) is 0.677. The monoisotopic (exact) mass is 348 g/mol. The average Bonchev–Trinajstić information content (AvgIpc) is 2.45. The second kappa shape index (κ2) is 8.40. The van der Waals surface area contributed by atoms with E-state index in [-0.39, 0.29) is 0 Å². The molecule has 0 spiro atoms. The molecule has 0 bridgehead atoms. The van der Waals surface area contributed by atoms with Crippen LogP contribution in [0.1, 0.15) is 58.8 Å². The first-order valence-electron chi connectivity index (χ1n) is 8.89. The Bertz CT molecular complexity index is 291. The molecular weight excluding hydrogens is 312 g/mol. The van der Waals surface area contributed by atoms with Crippen LogP contribution in [0.4, 0.5) is 0 Å². The van der Waals surface area contributed by atoms with Gasteiger partial charge in [0.1, 0.15) is 5.22 Å². The average molecular weight is 349 g/mol. The van der Waals surface area contributed by atoms with Gasteiger partial charge in [-0.1, -0.05) is 33.1 Å². The van der Waals surface area contributed by atoms with E-state index >= 15 is 0 Å². The lowest BCUT2D eigenvalue weighted by molar-refractivity contribution is 0.0597. The van der Waals surface area contributed by atoms with Crippen LogP contribution >= 0.6 is 0 Å². The van der Waals surface area contributed by atoms with Crippen molar-refractivity contribution in [3.63, 3.8) is 0 Å². The Balaban J connectivity index is 3.24. The minimum Gasteiger partial charge on any atom is -0.438 e. The molecule has 0 saturated heterocycles. The molecule has 6 heteroatoms. The topological polar surface area (TPSA) is 38.7 Å². The molecule has 1 rings (SSSR count). The van der Waals surface area contributed by atoms with E-state index in [9.17, 15) is 5.11 Å². The molecule has 0 aromatic carbocycles. The highest BCUT2D eigenvalue weighted by Gasteiger charge is 2.60. The molecule has 0 unspecified atom stereocenters. The fraction of sp³-hybridized carbons (Fsp3) is 1.00. The van der Waals surface area contributed by atoms with Crippen molar-refractivity contribution in [2.75, 3.05) is 0 Å². The van der Waals surface area contributed by atoms with E-state index in [4.69, 9.17) is 8.23 Å². The third kappa shape index (κ3) is 4.51. The van der Waals surface area contributed by atoms with Crippen LogP contribution in [0, 0.1) is 0 Å². The SMILES string of the molecule is CCC(O)(CC)[Si](O[SiH](C)C)(O[SiH](C)C)C1CCCCC1. The number of rotatable bonds is 8. The van der Waals surface area contributed by atoms with Gasteiger partial charge >= 0.3 is 8.56 Å². The highest BCUT2D eigenvalue weighted by Crippen LogP contribution is 2.46. The molecule has 0 atom stereocenters. The fourth-order valence-electron chi connectivity index (χ4n) is 3.75. The van der Waals surface area contributed by atoms with Gasteiger partial charge in [0.25, 0.3) is 0 Å². The lowest BCUT2D eigenvalue weighted by atomic mass is 10.0. The van der Waals surface area contributed by atoms with Gasteiger partial charge in [0.05, 0.1) is 0 Å².